The van der Waals surface area contributed by atoms with Crippen molar-refractivity contribution < 1.29 is 19.1 Å². The van der Waals surface area contributed by atoms with Gasteiger partial charge in [-0.05, 0) is 5.56 Å². The Morgan fingerprint density at radius 1 is 1.20 bits per heavy atom. The van der Waals surface area contributed by atoms with Crippen molar-refractivity contribution in [2.24, 2.45) is 0 Å². The molecule has 0 atom stereocenters. The Kier molecular flexibility index (Phi) is 4.73. The van der Waals surface area contributed by atoms with E-state index in [0.29, 0.717) is 11.3 Å². The van der Waals surface area contributed by atoms with E-state index >= 15 is 0 Å². The third-order valence-electron chi connectivity index (χ3n) is 2.52. The van der Waals surface area contributed by atoms with Gasteiger partial charge in [0.15, 0.2) is 0 Å². The molecule has 5 nitrogen and oxygen atoms in total. The van der Waals surface area contributed by atoms with Gasteiger partial charge in [-0.2, -0.15) is 0 Å². The van der Waals surface area contributed by atoms with Crippen molar-refractivity contribution in [1.29, 1.82) is 0 Å². The number of thiophene rings is 1. The molecule has 0 spiro atoms. The van der Waals surface area contributed by atoms with E-state index in [-0.39, 0.29) is 6.61 Å². The lowest BCUT2D eigenvalue weighted by molar-refractivity contribution is 0.0602. The van der Waals surface area contributed by atoms with E-state index in [4.69, 9.17) is 4.74 Å². The molecule has 1 aromatic carbocycles. The summed E-state index contributed by atoms with van der Waals surface area (Å²) < 4.78 is 9.69. The molecule has 6 heteroatoms. The highest BCUT2D eigenvalue weighted by atomic mass is 32.1. The Labute approximate surface area is 120 Å². The fourth-order valence-electron chi connectivity index (χ4n) is 1.53. The van der Waals surface area contributed by atoms with Crippen molar-refractivity contribution in [2.45, 2.75) is 6.61 Å². The molecule has 1 N–H and O–H groups in total. The first-order chi connectivity index (χ1) is 9.70. The van der Waals surface area contributed by atoms with Crippen LogP contribution in [-0.4, -0.2) is 19.2 Å². The quantitative estimate of drug-likeness (QED) is 0.878. The van der Waals surface area contributed by atoms with E-state index in [1.807, 2.05) is 30.3 Å². The summed E-state index contributed by atoms with van der Waals surface area (Å²) >= 11 is 1.30. The average molecular weight is 291 g/mol. The summed E-state index contributed by atoms with van der Waals surface area (Å²) in [7, 11) is 1.29. The van der Waals surface area contributed by atoms with Crippen molar-refractivity contribution in [3.63, 3.8) is 0 Å². The van der Waals surface area contributed by atoms with Crippen molar-refractivity contribution in [2.75, 3.05) is 12.4 Å². The number of hydrogen-bond donors (Lipinski definition) is 1. The number of hydrogen-bond acceptors (Lipinski definition) is 5. The van der Waals surface area contributed by atoms with Gasteiger partial charge in [-0.25, -0.2) is 9.59 Å². The van der Waals surface area contributed by atoms with Crippen molar-refractivity contribution >= 4 is 29.1 Å². The highest BCUT2D eigenvalue weighted by Gasteiger charge is 2.15. The van der Waals surface area contributed by atoms with Crippen molar-refractivity contribution in [3.05, 3.63) is 52.2 Å². The van der Waals surface area contributed by atoms with E-state index in [0.717, 1.165) is 5.56 Å². The van der Waals surface area contributed by atoms with Crippen LogP contribution in [0.4, 0.5) is 10.5 Å². The van der Waals surface area contributed by atoms with E-state index in [1.54, 1.807) is 10.8 Å². The first kappa shape index (κ1) is 14.1. The van der Waals surface area contributed by atoms with Gasteiger partial charge in [0.1, 0.15) is 6.61 Å². The van der Waals surface area contributed by atoms with E-state index in [2.05, 4.69) is 10.1 Å². The lowest BCUT2D eigenvalue weighted by atomic mass is 10.2. The molecule has 0 fully saturated rings. The number of anilines is 1. The Balaban J connectivity index is 1.92. The second kappa shape index (κ2) is 6.72. The van der Waals surface area contributed by atoms with Crippen LogP contribution >= 0.6 is 11.3 Å². The smallest absolute Gasteiger partial charge is 0.412 e. The molecule has 0 unspecified atom stereocenters. The van der Waals surface area contributed by atoms with Gasteiger partial charge in [0.25, 0.3) is 0 Å². The zero-order valence-electron chi connectivity index (χ0n) is 10.8. The Morgan fingerprint density at radius 2 is 1.95 bits per heavy atom. The fourth-order valence-corrected chi connectivity index (χ4v) is 2.28. The number of nitrogens with one attached hydrogen (secondary N) is 1. The van der Waals surface area contributed by atoms with Gasteiger partial charge in [-0.1, -0.05) is 30.3 Å². The molecule has 0 radical (unpaired) electrons. The van der Waals surface area contributed by atoms with Crippen molar-refractivity contribution in [3.8, 4) is 0 Å². The summed E-state index contributed by atoms with van der Waals surface area (Å²) in [5.74, 6) is -0.496. The molecule has 1 aromatic heterocycles. The van der Waals surface area contributed by atoms with E-state index < -0.39 is 12.1 Å². The number of amides is 1. The third-order valence-corrected chi connectivity index (χ3v) is 3.26. The lowest BCUT2D eigenvalue weighted by Gasteiger charge is -2.07. The van der Waals surface area contributed by atoms with E-state index in [1.165, 1.54) is 18.4 Å². The molecule has 2 aromatic rings. The number of carbonyl (C=O) groups excluding carboxylic acids is 2. The predicted octanol–water partition coefficient (Wildman–Crippen LogP) is 3.28. The van der Waals surface area contributed by atoms with Crippen molar-refractivity contribution in [1.82, 2.24) is 0 Å². The zero-order chi connectivity index (χ0) is 14.4. The van der Waals surface area contributed by atoms with Gasteiger partial charge in [0.05, 0.1) is 18.4 Å². The van der Waals surface area contributed by atoms with Gasteiger partial charge in [0, 0.05) is 10.8 Å². The Hall–Kier alpha value is -2.34. The summed E-state index contributed by atoms with van der Waals surface area (Å²) in [6.07, 6.45) is -0.614. The number of esters is 1. The normalized spacial score (nSPS) is 9.85. The van der Waals surface area contributed by atoms with Gasteiger partial charge in [-0.15, -0.1) is 11.3 Å². The molecule has 0 bridgehead atoms. The lowest BCUT2D eigenvalue weighted by Crippen LogP contribution is -2.15. The Morgan fingerprint density at radius 3 is 2.65 bits per heavy atom. The molecule has 0 aliphatic heterocycles. The molecular weight excluding hydrogens is 278 g/mol. The maximum atomic E-state index is 11.7. The zero-order valence-corrected chi connectivity index (χ0v) is 11.6. The fraction of sp³-hybridized carbons (Fsp3) is 0.143. The predicted molar refractivity (Wildman–Crippen MR) is 75.9 cm³/mol. The van der Waals surface area contributed by atoms with Crippen LogP contribution in [0.2, 0.25) is 0 Å². The van der Waals surface area contributed by atoms with Crippen LogP contribution in [-0.2, 0) is 16.1 Å². The minimum absolute atomic E-state index is 0.171. The van der Waals surface area contributed by atoms with Gasteiger partial charge in [0.2, 0.25) is 0 Å². The number of carbonyl (C=O) groups is 2. The second-order valence-corrected chi connectivity index (χ2v) is 4.62. The first-order valence-electron chi connectivity index (χ1n) is 5.83. The first-order valence-corrected chi connectivity index (χ1v) is 6.77. The summed E-state index contributed by atoms with van der Waals surface area (Å²) in [6.45, 7) is 0.171. The highest BCUT2D eigenvalue weighted by molar-refractivity contribution is 7.08. The molecule has 0 saturated carbocycles. The molecular formula is C14H13NO4S. The highest BCUT2D eigenvalue weighted by Crippen LogP contribution is 2.21. The third kappa shape index (κ3) is 3.58. The van der Waals surface area contributed by atoms with Gasteiger partial charge in [-0.3, -0.25) is 5.32 Å². The minimum atomic E-state index is -0.614. The minimum Gasteiger partial charge on any atom is -0.465 e. The summed E-state index contributed by atoms with van der Waals surface area (Å²) in [4.78, 5) is 23.1. The number of rotatable bonds is 4. The summed E-state index contributed by atoms with van der Waals surface area (Å²) in [5.41, 5.74) is 1.59. The molecule has 0 saturated heterocycles. The summed E-state index contributed by atoms with van der Waals surface area (Å²) in [5, 5.41) is 5.78. The number of benzene rings is 1. The molecule has 0 aliphatic carbocycles. The largest absolute Gasteiger partial charge is 0.465 e. The standard InChI is InChI=1S/C14H13NO4S/c1-18-13(16)11-8-20-9-12(11)15-14(17)19-7-10-5-3-2-4-6-10/h2-6,8-9H,7H2,1H3,(H,15,17). The van der Waals surface area contributed by atoms with Crippen LogP contribution in [0.25, 0.3) is 0 Å². The Bertz CT molecular complexity index is 594. The van der Waals surface area contributed by atoms with Gasteiger partial charge < -0.3 is 9.47 Å². The van der Waals surface area contributed by atoms with Crippen LogP contribution in [0.5, 0.6) is 0 Å². The molecule has 2 rings (SSSR count). The van der Waals surface area contributed by atoms with Crippen LogP contribution in [0.15, 0.2) is 41.1 Å². The van der Waals surface area contributed by atoms with Crippen LogP contribution in [0, 0.1) is 0 Å². The summed E-state index contributed by atoms with van der Waals surface area (Å²) in [6, 6.07) is 9.34. The molecule has 1 amide bonds. The molecule has 104 valence electrons. The van der Waals surface area contributed by atoms with Crippen LogP contribution in [0.3, 0.4) is 0 Å². The molecule has 1 heterocycles. The van der Waals surface area contributed by atoms with E-state index in [9.17, 15) is 9.59 Å². The molecule has 20 heavy (non-hydrogen) atoms. The maximum Gasteiger partial charge on any atom is 0.412 e. The SMILES string of the molecule is COC(=O)c1cscc1NC(=O)OCc1ccccc1. The molecule has 0 aliphatic rings. The van der Waals surface area contributed by atoms with Crippen LogP contribution < -0.4 is 5.32 Å². The topological polar surface area (TPSA) is 64.6 Å². The maximum absolute atomic E-state index is 11.7. The van der Waals surface area contributed by atoms with Gasteiger partial charge >= 0.3 is 12.1 Å². The van der Waals surface area contributed by atoms with Crippen LogP contribution in [0.1, 0.15) is 15.9 Å². The number of ether oxygens (including phenoxy) is 2. The number of methoxy groups -OCH3 is 1. The monoisotopic (exact) mass is 291 g/mol. The second-order valence-electron chi connectivity index (χ2n) is 3.88. The average Bonchev–Trinajstić information content (AvgIpc) is 2.93.